The minimum absolute atomic E-state index is 0.831. The fraction of sp³-hybridized carbons (Fsp3) is 0.455. The van der Waals surface area contributed by atoms with E-state index in [0.717, 1.165) is 28.8 Å². The predicted molar refractivity (Wildman–Crippen MR) is 67.6 cm³/mol. The van der Waals surface area contributed by atoms with Crippen LogP contribution in [0.2, 0.25) is 0 Å². The highest BCUT2D eigenvalue weighted by Gasteiger charge is 2.18. The van der Waals surface area contributed by atoms with E-state index in [1.807, 2.05) is 6.92 Å². The normalized spacial score (nSPS) is 11.0. The van der Waals surface area contributed by atoms with Crippen LogP contribution in [0, 0.1) is 20.8 Å². The number of aromatic nitrogens is 3. The maximum absolute atomic E-state index is 6.04. The highest BCUT2D eigenvalue weighted by molar-refractivity contribution is 7.16. The second-order valence-electron chi connectivity index (χ2n) is 3.84. The molecule has 0 aromatic carbocycles. The van der Waals surface area contributed by atoms with E-state index < -0.39 is 0 Å². The zero-order valence-corrected chi connectivity index (χ0v) is 10.9. The van der Waals surface area contributed by atoms with Gasteiger partial charge < -0.3 is 10.3 Å². The summed E-state index contributed by atoms with van der Waals surface area (Å²) in [7, 11) is 0. The molecule has 0 spiro atoms. The Morgan fingerprint density at radius 2 is 1.94 bits per heavy atom. The third-order valence-electron chi connectivity index (χ3n) is 2.89. The molecule has 5 heteroatoms. The summed E-state index contributed by atoms with van der Waals surface area (Å²) in [4.78, 5) is 1.25. The van der Waals surface area contributed by atoms with Gasteiger partial charge in [0.15, 0.2) is 5.82 Å². The maximum atomic E-state index is 6.04. The molecule has 0 atom stereocenters. The molecule has 0 aliphatic carbocycles. The Morgan fingerprint density at radius 1 is 1.25 bits per heavy atom. The number of hydrogen-bond acceptors (Lipinski definition) is 4. The Hall–Kier alpha value is -1.36. The average molecular weight is 236 g/mol. The molecule has 0 unspecified atom stereocenters. The van der Waals surface area contributed by atoms with E-state index in [4.69, 9.17) is 5.73 Å². The molecule has 0 aliphatic heterocycles. The number of rotatable bonds is 2. The number of nitrogen functional groups attached to an aromatic ring is 1. The highest BCUT2D eigenvalue weighted by Crippen LogP contribution is 2.37. The van der Waals surface area contributed by atoms with E-state index in [1.54, 1.807) is 11.3 Å². The van der Waals surface area contributed by atoms with Crippen LogP contribution < -0.4 is 5.73 Å². The zero-order valence-electron chi connectivity index (χ0n) is 10.0. The van der Waals surface area contributed by atoms with Crippen molar-refractivity contribution in [3.05, 3.63) is 16.3 Å². The molecular weight excluding hydrogens is 220 g/mol. The van der Waals surface area contributed by atoms with Gasteiger partial charge in [-0.1, -0.05) is 0 Å². The first kappa shape index (κ1) is 11.1. The molecule has 4 nitrogen and oxygen atoms in total. The van der Waals surface area contributed by atoms with Crippen molar-refractivity contribution in [1.82, 2.24) is 14.8 Å². The van der Waals surface area contributed by atoms with Gasteiger partial charge in [-0.25, -0.2) is 0 Å². The van der Waals surface area contributed by atoms with Gasteiger partial charge in [-0.05, 0) is 33.3 Å². The summed E-state index contributed by atoms with van der Waals surface area (Å²) in [6.45, 7) is 9.08. The first-order valence-electron chi connectivity index (χ1n) is 5.31. The summed E-state index contributed by atoms with van der Waals surface area (Å²) >= 11 is 1.62. The second kappa shape index (κ2) is 3.90. The van der Waals surface area contributed by atoms with Crippen LogP contribution in [0.3, 0.4) is 0 Å². The molecule has 16 heavy (non-hydrogen) atoms. The van der Waals surface area contributed by atoms with Gasteiger partial charge in [-0.15, -0.1) is 21.5 Å². The van der Waals surface area contributed by atoms with Gasteiger partial charge in [0, 0.05) is 11.4 Å². The molecule has 2 rings (SSSR count). The quantitative estimate of drug-likeness (QED) is 0.871. The third-order valence-corrected chi connectivity index (χ3v) is 3.92. The van der Waals surface area contributed by atoms with Gasteiger partial charge in [-0.2, -0.15) is 0 Å². The number of thiophene rings is 1. The summed E-state index contributed by atoms with van der Waals surface area (Å²) in [5, 5.41) is 9.18. The Morgan fingerprint density at radius 3 is 2.44 bits per heavy atom. The van der Waals surface area contributed by atoms with E-state index in [0.29, 0.717) is 0 Å². The van der Waals surface area contributed by atoms with Gasteiger partial charge in [0.2, 0.25) is 0 Å². The Kier molecular flexibility index (Phi) is 2.71. The molecule has 0 saturated heterocycles. The number of nitrogens with two attached hydrogens (primary N) is 1. The first-order valence-corrected chi connectivity index (χ1v) is 6.13. The van der Waals surface area contributed by atoms with Crippen LogP contribution in [0.1, 0.15) is 23.2 Å². The van der Waals surface area contributed by atoms with Crippen LogP contribution in [0.25, 0.3) is 11.4 Å². The zero-order chi connectivity index (χ0) is 11.9. The molecule has 0 fully saturated rings. The largest absolute Gasteiger partial charge is 0.390 e. The molecule has 0 bridgehead atoms. The molecule has 0 radical (unpaired) electrons. The summed E-state index contributed by atoms with van der Waals surface area (Å²) < 4.78 is 2.09. The van der Waals surface area contributed by atoms with Gasteiger partial charge in [0.25, 0.3) is 0 Å². The van der Waals surface area contributed by atoms with E-state index in [1.165, 1.54) is 10.4 Å². The minimum Gasteiger partial charge on any atom is -0.390 e. The summed E-state index contributed by atoms with van der Waals surface area (Å²) in [6, 6.07) is 0. The SMILES string of the molecule is CCn1c(C)nnc1-c1c(N)sc(C)c1C. The second-order valence-corrected chi connectivity index (χ2v) is 5.09. The van der Waals surface area contributed by atoms with E-state index in [-0.39, 0.29) is 0 Å². The van der Waals surface area contributed by atoms with Crippen molar-refractivity contribution in [2.75, 3.05) is 5.73 Å². The molecule has 2 aromatic rings. The van der Waals surface area contributed by atoms with Gasteiger partial charge in [-0.3, -0.25) is 0 Å². The predicted octanol–water partition coefficient (Wildman–Crippen LogP) is 2.53. The van der Waals surface area contributed by atoms with Crippen LogP contribution in [0.5, 0.6) is 0 Å². The Labute approximate surface area is 99.1 Å². The topological polar surface area (TPSA) is 56.7 Å². The molecule has 2 heterocycles. The fourth-order valence-electron chi connectivity index (χ4n) is 1.88. The fourth-order valence-corrected chi connectivity index (χ4v) is 2.81. The van der Waals surface area contributed by atoms with E-state index in [9.17, 15) is 0 Å². The van der Waals surface area contributed by atoms with Crippen molar-refractivity contribution in [3.8, 4) is 11.4 Å². The number of hydrogen-bond donors (Lipinski definition) is 1. The maximum Gasteiger partial charge on any atom is 0.167 e. The lowest BCUT2D eigenvalue weighted by atomic mass is 10.1. The van der Waals surface area contributed by atoms with Crippen LogP contribution in [-0.2, 0) is 6.54 Å². The monoisotopic (exact) mass is 236 g/mol. The van der Waals surface area contributed by atoms with E-state index in [2.05, 4.69) is 35.5 Å². The van der Waals surface area contributed by atoms with Crippen LogP contribution in [0.4, 0.5) is 5.00 Å². The third kappa shape index (κ3) is 1.51. The molecule has 2 aromatic heterocycles. The van der Waals surface area contributed by atoms with Crippen LogP contribution in [0.15, 0.2) is 0 Å². The molecule has 0 aliphatic rings. The first-order chi connectivity index (χ1) is 7.56. The van der Waals surface area contributed by atoms with Gasteiger partial charge in [0.1, 0.15) is 5.82 Å². The van der Waals surface area contributed by atoms with Crippen molar-refractivity contribution < 1.29 is 0 Å². The van der Waals surface area contributed by atoms with Crippen molar-refractivity contribution in [3.63, 3.8) is 0 Å². The molecule has 86 valence electrons. The van der Waals surface area contributed by atoms with Gasteiger partial charge in [0.05, 0.1) is 10.6 Å². The number of aryl methyl sites for hydroxylation is 2. The Bertz CT molecular complexity index is 524. The number of anilines is 1. The lowest BCUT2D eigenvalue weighted by Crippen LogP contribution is -2.01. The smallest absolute Gasteiger partial charge is 0.167 e. The van der Waals surface area contributed by atoms with Crippen molar-refractivity contribution in [1.29, 1.82) is 0 Å². The molecule has 0 amide bonds. The molecular formula is C11H16N4S. The molecule has 0 saturated carbocycles. The average Bonchev–Trinajstić information content (AvgIpc) is 2.70. The Balaban J connectivity index is 2.67. The van der Waals surface area contributed by atoms with E-state index >= 15 is 0 Å². The van der Waals surface area contributed by atoms with Crippen molar-refractivity contribution in [2.45, 2.75) is 34.2 Å². The van der Waals surface area contributed by atoms with Crippen molar-refractivity contribution in [2.24, 2.45) is 0 Å². The highest BCUT2D eigenvalue weighted by atomic mass is 32.1. The standard InChI is InChI=1S/C11H16N4S/c1-5-15-8(4)13-14-11(15)9-6(2)7(3)16-10(9)12/h5,12H2,1-4H3. The lowest BCUT2D eigenvalue weighted by molar-refractivity contribution is 0.737. The van der Waals surface area contributed by atoms with Gasteiger partial charge >= 0.3 is 0 Å². The van der Waals surface area contributed by atoms with Crippen molar-refractivity contribution >= 4 is 16.3 Å². The summed E-state index contributed by atoms with van der Waals surface area (Å²) in [6.07, 6.45) is 0. The van der Waals surface area contributed by atoms with Crippen LogP contribution >= 0.6 is 11.3 Å². The molecule has 2 N–H and O–H groups in total. The summed E-state index contributed by atoms with van der Waals surface area (Å²) in [5.41, 5.74) is 8.30. The summed E-state index contributed by atoms with van der Waals surface area (Å²) in [5.74, 6) is 1.82. The lowest BCUT2D eigenvalue weighted by Gasteiger charge is -2.05. The number of nitrogens with zero attached hydrogens (tertiary/aromatic N) is 3. The minimum atomic E-state index is 0.831. The van der Waals surface area contributed by atoms with Crippen LogP contribution in [-0.4, -0.2) is 14.8 Å².